The van der Waals surface area contributed by atoms with Crippen LogP contribution in [0.15, 0.2) is 11.5 Å². The molecule has 0 saturated carbocycles. The maximum absolute atomic E-state index is 11.8. The Morgan fingerprint density at radius 3 is 2.64 bits per heavy atom. The number of hydrogen-bond donors (Lipinski definition) is 1. The van der Waals surface area contributed by atoms with Gasteiger partial charge in [-0.2, -0.15) is 0 Å². The van der Waals surface area contributed by atoms with Crippen molar-refractivity contribution in [3.63, 3.8) is 0 Å². The SMILES string of the molecule is CCCCCCCOC1=C(O)[C@@H]([C@@H]2COC(C)(C)O2)OC1=O. The minimum absolute atomic E-state index is 0.0891. The molecule has 0 aromatic carbocycles. The third-order valence-electron chi connectivity index (χ3n) is 3.78. The number of aliphatic hydroxyl groups excluding tert-OH is 1. The van der Waals surface area contributed by atoms with Crippen LogP contribution in [0.25, 0.3) is 0 Å². The first-order valence-electron chi connectivity index (χ1n) is 8.03. The number of rotatable bonds is 8. The predicted molar refractivity (Wildman–Crippen MR) is 79.1 cm³/mol. The zero-order chi connectivity index (χ0) is 16.2. The highest BCUT2D eigenvalue weighted by atomic mass is 16.8. The number of unbranched alkanes of at least 4 members (excludes halogenated alkanes) is 4. The lowest BCUT2D eigenvalue weighted by atomic mass is 10.1. The Morgan fingerprint density at radius 1 is 1.27 bits per heavy atom. The fourth-order valence-corrected chi connectivity index (χ4v) is 2.59. The van der Waals surface area contributed by atoms with Crippen LogP contribution in [0.4, 0.5) is 0 Å². The van der Waals surface area contributed by atoms with Crippen molar-refractivity contribution in [1.82, 2.24) is 0 Å². The van der Waals surface area contributed by atoms with Gasteiger partial charge in [-0.15, -0.1) is 0 Å². The largest absolute Gasteiger partial charge is 0.505 e. The molecule has 6 nitrogen and oxygen atoms in total. The summed E-state index contributed by atoms with van der Waals surface area (Å²) >= 11 is 0. The van der Waals surface area contributed by atoms with Crippen molar-refractivity contribution in [2.24, 2.45) is 0 Å². The number of carbonyl (C=O) groups is 1. The maximum Gasteiger partial charge on any atom is 0.378 e. The molecule has 22 heavy (non-hydrogen) atoms. The van der Waals surface area contributed by atoms with Gasteiger partial charge in [0.15, 0.2) is 17.7 Å². The summed E-state index contributed by atoms with van der Waals surface area (Å²) in [6, 6.07) is 0. The Bertz CT molecular complexity index is 428. The highest BCUT2D eigenvalue weighted by Crippen LogP contribution is 2.32. The Hall–Kier alpha value is -1.27. The van der Waals surface area contributed by atoms with Crippen LogP contribution in [0.2, 0.25) is 0 Å². The van der Waals surface area contributed by atoms with E-state index in [1.165, 1.54) is 12.8 Å². The molecule has 0 amide bonds. The summed E-state index contributed by atoms with van der Waals surface area (Å²) in [7, 11) is 0. The summed E-state index contributed by atoms with van der Waals surface area (Å²) in [6.07, 6.45) is 4.08. The lowest BCUT2D eigenvalue weighted by molar-refractivity contribution is -0.163. The third-order valence-corrected chi connectivity index (χ3v) is 3.78. The molecule has 0 bridgehead atoms. The Labute approximate surface area is 131 Å². The van der Waals surface area contributed by atoms with Crippen molar-refractivity contribution in [2.75, 3.05) is 13.2 Å². The minimum atomic E-state index is -0.843. The van der Waals surface area contributed by atoms with Crippen LogP contribution in [-0.4, -0.2) is 42.3 Å². The van der Waals surface area contributed by atoms with Gasteiger partial charge in [0, 0.05) is 0 Å². The van der Waals surface area contributed by atoms with E-state index in [2.05, 4.69) is 6.92 Å². The van der Waals surface area contributed by atoms with E-state index in [-0.39, 0.29) is 18.1 Å². The van der Waals surface area contributed by atoms with Gasteiger partial charge >= 0.3 is 5.97 Å². The van der Waals surface area contributed by atoms with E-state index in [9.17, 15) is 9.90 Å². The normalized spacial score (nSPS) is 27.3. The van der Waals surface area contributed by atoms with E-state index in [4.69, 9.17) is 18.9 Å². The van der Waals surface area contributed by atoms with E-state index in [0.717, 1.165) is 19.3 Å². The molecule has 0 aromatic rings. The predicted octanol–water partition coefficient (Wildman–Crippen LogP) is 2.82. The molecule has 2 aliphatic heterocycles. The summed E-state index contributed by atoms with van der Waals surface area (Å²) < 4.78 is 21.6. The Morgan fingerprint density at radius 2 is 2.00 bits per heavy atom. The molecule has 2 heterocycles. The molecule has 0 aliphatic carbocycles. The number of esters is 1. The van der Waals surface area contributed by atoms with Crippen LogP contribution >= 0.6 is 0 Å². The lowest BCUT2D eigenvalue weighted by Gasteiger charge is -2.19. The molecular formula is C16H26O6. The molecule has 1 fully saturated rings. The van der Waals surface area contributed by atoms with Gasteiger partial charge in [0.05, 0.1) is 13.2 Å². The minimum Gasteiger partial charge on any atom is -0.505 e. The quantitative estimate of drug-likeness (QED) is 0.548. The van der Waals surface area contributed by atoms with E-state index in [0.29, 0.717) is 6.61 Å². The Balaban J connectivity index is 1.83. The van der Waals surface area contributed by atoms with Gasteiger partial charge in [-0.3, -0.25) is 0 Å². The van der Waals surface area contributed by atoms with Gasteiger partial charge in [0.1, 0.15) is 6.10 Å². The van der Waals surface area contributed by atoms with Gasteiger partial charge < -0.3 is 24.1 Å². The molecule has 0 radical (unpaired) electrons. The summed E-state index contributed by atoms with van der Waals surface area (Å²) in [5, 5.41) is 10.2. The lowest BCUT2D eigenvalue weighted by Crippen LogP contribution is -2.32. The van der Waals surface area contributed by atoms with Crippen LogP contribution in [0.3, 0.4) is 0 Å². The number of aliphatic hydroxyl groups is 1. The van der Waals surface area contributed by atoms with Crippen molar-refractivity contribution >= 4 is 5.97 Å². The second kappa shape index (κ2) is 7.33. The molecule has 2 atom stereocenters. The molecule has 126 valence electrons. The van der Waals surface area contributed by atoms with Crippen molar-refractivity contribution < 1.29 is 28.8 Å². The molecule has 0 spiro atoms. The number of cyclic esters (lactones) is 1. The highest BCUT2D eigenvalue weighted by molar-refractivity contribution is 5.89. The van der Waals surface area contributed by atoms with E-state index in [1.54, 1.807) is 13.8 Å². The molecular weight excluding hydrogens is 288 g/mol. The van der Waals surface area contributed by atoms with Gasteiger partial charge in [-0.05, 0) is 20.3 Å². The summed E-state index contributed by atoms with van der Waals surface area (Å²) in [6.45, 7) is 6.37. The average molecular weight is 314 g/mol. The van der Waals surface area contributed by atoms with Crippen LogP contribution in [0, 0.1) is 0 Å². The van der Waals surface area contributed by atoms with Crippen molar-refractivity contribution in [3.05, 3.63) is 11.5 Å². The van der Waals surface area contributed by atoms with Crippen LogP contribution < -0.4 is 0 Å². The van der Waals surface area contributed by atoms with Gasteiger partial charge in [-0.25, -0.2) is 4.79 Å². The zero-order valence-corrected chi connectivity index (χ0v) is 13.6. The first-order valence-corrected chi connectivity index (χ1v) is 8.03. The van der Waals surface area contributed by atoms with Gasteiger partial charge in [-0.1, -0.05) is 32.6 Å². The smallest absolute Gasteiger partial charge is 0.378 e. The zero-order valence-electron chi connectivity index (χ0n) is 13.6. The molecule has 2 aliphatic rings. The van der Waals surface area contributed by atoms with E-state index < -0.39 is 24.0 Å². The van der Waals surface area contributed by atoms with Crippen molar-refractivity contribution in [2.45, 2.75) is 70.9 Å². The van der Waals surface area contributed by atoms with Gasteiger partial charge in [0.2, 0.25) is 5.76 Å². The molecule has 6 heteroatoms. The topological polar surface area (TPSA) is 74.2 Å². The molecule has 2 rings (SSSR count). The number of hydrogen-bond acceptors (Lipinski definition) is 6. The van der Waals surface area contributed by atoms with Crippen molar-refractivity contribution in [1.29, 1.82) is 0 Å². The van der Waals surface area contributed by atoms with Crippen LogP contribution in [-0.2, 0) is 23.7 Å². The first kappa shape index (κ1) is 17.1. The molecule has 0 aromatic heterocycles. The van der Waals surface area contributed by atoms with Crippen LogP contribution in [0.1, 0.15) is 52.9 Å². The monoisotopic (exact) mass is 314 g/mol. The second-order valence-electron chi connectivity index (χ2n) is 6.17. The maximum atomic E-state index is 11.8. The van der Waals surface area contributed by atoms with Crippen molar-refractivity contribution in [3.8, 4) is 0 Å². The fourth-order valence-electron chi connectivity index (χ4n) is 2.59. The highest BCUT2D eigenvalue weighted by Gasteiger charge is 2.47. The average Bonchev–Trinajstić information content (AvgIpc) is 2.95. The third kappa shape index (κ3) is 4.14. The Kier molecular flexibility index (Phi) is 5.69. The summed E-state index contributed by atoms with van der Waals surface area (Å²) in [4.78, 5) is 11.8. The standard InChI is InChI=1S/C16H26O6/c1-4-5-6-7-8-9-19-14-12(17)13(21-15(14)18)11-10-20-16(2,3)22-11/h11,13,17H,4-10H2,1-3H3/t11-,13+/m0/s1. The molecule has 1 N–H and O–H groups in total. The number of carbonyl (C=O) groups excluding carboxylic acids is 1. The van der Waals surface area contributed by atoms with Gasteiger partial charge in [0.25, 0.3) is 0 Å². The summed E-state index contributed by atoms with van der Waals surface area (Å²) in [5.74, 6) is -1.65. The second-order valence-corrected chi connectivity index (χ2v) is 6.17. The number of ether oxygens (including phenoxy) is 4. The first-order chi connectivity index (χ1) is 10.4. The summed E-state index contributed by atoms with van der Waals surface area (Å²) in [5.41, 5.74) is 0. The molecule has 0 unspecified atom stereocenters. The fraction of sp³-hybridized carbons (Fsp3) is 0.812. The van der Waals surface area contributed by atoms with E-state index >= 15 is 0 Å². The van der Waals surface area contributed by atoms with Crippen LogP contribution in [0.5, 0.6) is 0 Å². The van der Waals surface area contributed by atoms with E-state index in [1.807, 2.05) is 0 Å². The molecule has 1 saturated heterocycles.